The van der Waals surface area contributed by atoms with E-state index < -0.39 is 0 Å². The number of ether oxygens (including phenoxy) is 1. The molecule has 7 aromatic rings. The Morgan fingerprint density at radius 3 is 2.52 bits per heavy atom. The third-order valence-electron chi connectivity index (χ3n) is 12.0. The Balaban J connectivity index is 1.00. The molecule has 0 fully saturated rings. The van der Waals surface area contributed by atoms with Gasteiger partial charge in [0.1, 0.15) is 23.0 Å². The smallest absolute Gasteiger partial charge is 0.143 e. The van der Waals surface area contributed by atoms with Gasteiger partial charge in [0, 0.05) is 67.3 Å². The number of allylic oxidation sites excluding steroid dienone is 5. The van der Waals surface area contributed by atoms with E-state index in [1.54, 1.807) is 0 Å². The fourth-order valence-electron chi connectivity index (χ4n) is 9.77. The number of hydrogen-bond acceptors (Lipinski definition) is 3. The minimum absolute atomic E-state index is 0.0971. The lowest BCUT2D eigenvalue weighted by Gasteiger charge is -2.29. The highest BCUT2D eigenvalue weighted by Crippen LogP contribution is 2.55. The van der Waals surface area contributed by atoms with Crippen LogP contribution in [0.3, 0.4) is 0 Å². The Hall–Kier alpha value is -6.26. The summed E-state index contributed by atoms with van der Waals surface area (Å²) in [7, 11) is 0. The first kappa shape index (κ1) is 28.4. The second kappa shape index (κ2) is 10.6. The quantitative estimate of drug-likeness (QED) is 0.187. The summed E-state index contributed by atoms with van der Waals surface area (Å²) in [6.45, 7) is 0. The maximum Gasteiger partial charge on any atom is 0.143 e. The minimum atomic E-state index is -0.131. The average molecular weight is 671 g/mol. The van der Waals surface area contributed by atoms with Gasteiger partial charge in [-0.25, -0.2) is 0 Å². The van der Waals surface area contributed by atoms with E-state index in [-0.39, 0.29) is 24.0 Å². The van der Waals surface area contributed by atoms with Crippen LogP contribution in [0.4, 0.5) is 11.4 Å². The number of benzene rings is 5. The Morgan fingerprint density at radius 2 is 1.56 bits per heavy atom. The molecule has 5 aliphatic rings. The lowest BCUT2D eigenvalue weighted by atomic mass is 9.84. The molecule has 248 valence electrons. The van der Waals surface area contributed by atoms with Gasteiger partial charge in [0.15, 0.2) is 0 Å². The highest BCUT2D eigenvalue weighted by molar-refractivity contribution is 6.09. The molecule has 0 radical (unpaired) electrons. The van der Waals surface area contributed by atoms with Crippen LogP contribution in [0.25, 0.3) is 50.2 Å². The van der Waals surface area contributed by atoms with Gasteiger partial charge in [-0.15, -0.1) is 0 Å². The Kier molecular flexibility index (Phi) is 5.81. The summed E-state index contributed by atoms with van der Waals surface area (Å²) < 4.78 is 15.9. The van der Waals surface area contributed by atoms with Crippen LogP contribution in [0, 0.1) is 0 Å². The van der Waals surface area contributed by atoms with E-state index in [1.165, 1.54) is 50.3 Å². The van der Waals surface area contributed by atoms with Gasteiger partial charge in [-0.05, 0) is 60.9 Å². The number of rotatable bonds is 3. The summed E-state index contributed by atoms with van der Waals surface area (Å²) >= 11 is 0. The Morgan fingerprint density at radius 1 is 0.692 bits per heavy atom. The molecule has 4 unspecified atom stereocenters. The van der Waals surface area contributed by atoms with Crippen LogP contribution >= 0.6 is 0 Å². The number of furan rings is 1. The largest absolute Gasteiger partial charge is 0.484 e. The zero-order chi connectivity index (χ0) is 33.9. The van der Waals surface area contributed by atoms with E-state index >= 15 is 0 Å². The fraction of sp³-hybridized carbons (Fsp3) is 0.125. The normalized spacial score (nSPS) is 22.0. The molecule has 12 rings (SSSR count). The van der Waals surface area contributed by atoms with Crippen molar-refractivity contribution in [1.82, 2.24) is 4.57 Å². The van der Waals surface area contributed by atoms with E-state index in [1.807, 2.05) is 6.07 Å². The molecule has 2 aromatic heterocycles. The van der Waals surface area contributed by atoms with Gasteiger partial charge in [-0.3, -0.25) is 0 Å². The van der Waals surface area contributed by atoms with E-state index in [9.17, 15) is 0 Å². The van der Waals surface area contributed by atoms with Gasteiger partial charge in [0.2, 0.25) is 0 Å². The van der Waals surface area contributed by atoms with Gasteiger partial charge in [0.25, 0.3) is 0 Å². The van der Waals surface area contributed by atoms with Gasteiger partial charge in [-0.2, -0.15) is 0 Å². The molecular weight excluding hydrogens is 637 g/mol. The highest BCUT2D eigenvalue weighted by atomic mass is 16.5. The predicted molar refractivity (Wildman–Crippen MR) is 212 cm³/mol. The maximum absolute atomic E-state index is 6.87. The van der Waals surface area contributed by atoms with Crippen LogP contribution in [-0.4, -0.2) is 16.7 Å². The first-order chi connectivity index (χ1) is 25.8. The summed E-state index contributed by atoms with van der Waals surface area (Å²) in [5.41, 5.74) is 14.5. The van der Waals surface area contributed by atoms with Gasteiger partial charge < -0.3 is 18.6 Å². The van der Waals surface area contributed by atoms with Crippen LogP contribution in [0.1, 0.15) is 46.2 Å². The SMILES string of the molecule is C1=CC2c3cc(N4c5c(ccc6c5c5c(n6-c6ccccc6)CCC=C5)C5C=CC=CC54)ccc3OC2C(c2cccc3c2oc2ccccc23)=C1. The van der Waals surface area contributed by atoms with Crippen molar-refractivity contribution in [3.8, 4) is 11.4 Å². The van der Waals surface area contributed by atoms with Crippen LogP contribution < -0.4 is 9.64 Å². The summed E-state index contributed by atoms with van der Waals surface area (Å²) in [6, 6.07) is 37.5. The lowest BCUT2D eigenvalue weighted by Crippen LogP contribution is -2.28. The van der Waals surface area contributed by atoms with Crippen molar-refractivity contribution < 1.29 is 9.15 Å². The van der Waals surface area contributed by atoms with Crippen molar-refractivity contribution in [3.05, 3.63) is 180 Å². The zero-order valence-electron chi connectivity index (χ0n) is 28.4. The molecule has 0 amide bonds. The third kappa shape index (κ3) is 3.81. The lowest BCUT2D eigenvalue weighted by molar-refractivity contribution is 0.278. The molecule has 4 atom stereocenters. The van der Waals surface area contributed by atoms with Crippen molar-refractivity contribution >= 4 is 55.9 Å². The summed E-state index contributed by atoms with van der Waals surface area (Å²) in [5.74, 6) is 1.33. The monoisotopic (exact) mass is 670 g/mol. The number of nitrogens with zero attached hydrogens (tertiary/aromatic N) is 2. The fourth-order valence-corrected chi connectivity index (χ4v) is 9.77. The molecular formula is C48H34N2O2. The summed E-state index contributed by atoms with van der Waals surface area (Å²) in [6.07, 6.45) is 22.6. The standard InChI is InChI=1S/C48H34N2O2/c1-2-12-29(13-3-1)49-41-22-8-5-16-38(41)45-42(49)26-25-33-31-14-4-7-21-40(31)50(46(33)45)30-24-27-44-39(28-30)37-20-11-19-36(48(37)52-44)35-18-10-17-34-32-15-6-9-23-43(32)51-47(34)35/h1-7,9-21,23-28,31,37,40,48H,8,22H2. The maximum atomic E-state index is 6.87. The Labute approximate surface area is 301 Å². The molecule has 2 aliphatic heterocycles. The molecule has 0 spiro atoms. The second-order valence-electron chi connectivity index (χ2n) is 14.6. The number of para-hydroxylation sites is 3. The number of hydrogen-bond donors (Lipinski definition) is 0. The van der Waals surface area contributed by atoms with E-state index in [4.69, 9.17) is 9.15 Å². The first-order valence-electron chi connectivity index (χ1n) is 18.5. The van der Waals surface area contributed by atoms with Crippen molar-refractivity contribution in [1.29, 1.82) is 0 Å². The summed E-state index contributed by atoms with van der Waals surface area (Å²) in [4.78, 5) is 2.62. The molecule has 0 saturated carbocycles. The molecule has 52 heavy (non-hydrogen) atoms. The summed E-state index contributed by atoms with van der Waals surface area (Å²) in [5, 5.41) is 3.63. The molecule has 0 bridgehead atoms. The van der Waals surface area contributed by atoms with E-state index in [0.29, 0.717) is 0 Å². The molecule has 3 aliphatic carbocycles. The van der Waals surface area contributed by atoms with Crippen molar-refractivity contribution in [2.45, 2.75) is 36.8 Å². The molecule has 5 aromatic carbocycles. The van der Waals surface area contributed by atoms with Crippen LogP contribution in [0.2, 0.25) is 0 Å². The van der Waals surface area contributed by atoms with E-state index in [2.05, 4.69) is 161 Å². The predicted octanol–water partition coefficient (Wildman–Crippen LogP) is 11.7. The van der Waals surface area contributed by atoms with Crippen LogP contribution in [-0.2, 0) is 6.42 Å². The number of anilines is 2. The van der Waals surface area contributed by atoms with Gasteiger partial charge >= 0.3 is 0 Å². The zero-order valence-corrected chi connectivity index (χ0v) is 28.4. The van der Waals surface area contributed by atoms with Crippen molar-refractivity contribution in [2.24, 2.45) is 0 Å². The van der Waals surface area contributed by atoms with Crippen LogP contribution in [0.5, 0.6) is 5.75 Å². The number of fused-ring (bicyclic) bond motifs is 13. The minimum Gasteiger partial charge on any atom is -0.484 e. The topological polar surface area (TPSA) is 30.5 Å². The highest BCUT2D eigenvalue weighted by Gasteiger charge is 2.42. The number of aromatic nitrogens is 1. The van der Waals surface area contributed by atoms with Crippen LogP contribution in [0.15, 0.2) is 156 Å². The van der Waals surface area contributed by atoms with Gasteiger partial charge in [-0.1, -0.05) is 115 Å². The molecule has 4 heteroatoms. The average Bonchev–Trinajstić information content (AvgIpc) is 3.95. The van der Waals surface area contributed by atoms with Crippen molar-refractivity contribution in [3.63, 3.8) is 0 Å². The third-order valence-corrected chi connectivity index (χ3v) is 12.0. The molecule has 4 heterocycles. The van der Waals surface area contributed by atoms with E-state index in [0.717, 1.165) is 51.7 Å². The first-order valence-corrected chi connectivity index (χ1v) is 18.5. The Bertz CT molecular complexity index is 2810. The van der Waals surface area contributed by atoms with Gasteiger partial charge in [0.05, 0.1) is 17.2 Å². The second-order valence-corrected chi connectivity index (χ2v) is 14.6. The van der Waals surface area contributed by atoms with Crippen molar-refractivity contribution in [2.75, 3.05) is 4.90 Å². The molecule has 0 saturated heterocycles. The molecule has 0 N–H and O–H groups in total. The molecule has 4 nitrogen and oxygen atoms in total.